The third kappa shape index (κ3) is 8.13. The van der Waals surface area contributed by atoms with Gasteiger partial charge in [0.25, 0.3) is 5.78 Å². The fourth-order valence-corrected chi connectivity index (χ4v) is 3.07. The number of ketones is 1. The van der Waals surface area contributed by atoms with Gasteiger partial charge in [0.15, 0.2) is 0 Å². The molecule has 0 saturated carbocycles. The van der Waals surface area contributed by atoms with Crippen LogP contribution in [0, 0.1) is 11.8 Å². The maximum absolute atomic E-state index is 12.8. The molecule has 10 nitrogen and oxygen atoms in total. The highest BCUT2D eigenvalue weighted by Crippen LogP contribution is 2.13. The number of rotatable bonds is 10. The Hall–Kier alpha value is -2.58. The maximum atomic E-state index is 12.8. The monoisotopic (exact) mass is 408 g/mol. The molecule has 162 valence electrons. The summed E-state index contributed by atoms with van der Waals surface area (Å²) >= 11 is 0. The average molecular weight is 409 g/mol. The van der Waals surface area contributed by atoms with E-state index in [1.54, 1.807) is 13.8 Å². The van der Waals surface area contributed by atoms with E-state index in [1.807, 2.05) is 13.8 Å². The molecule has 0 aromatic rings. The average Bonchev–Trinajstić information content (AvgIpc) is 2.65. The van der Waals surface area contributed by atoms with Crippen molar-refractivity contribution in [1.29, 1.82) is 0 Å². The molecular formula is C19H32N6O4. The Morgan fingerprint density at radius 2 is 1.93 bits per heavy atom. The standard InChI is InChI=1S/C19H32N6O4/c1-12(2)10-16(27)21-9-7-17(28)25-14(6-5-8-23-25)19(29)24-18(13(3)4)15(26)11-22-20/h11-14,18,23H,5-10H2,1-4H3,(H,21,27)(H,24,29)/t14-,18-/m0/s1. The van der Waals surface area contributed by atoms with E-state index in [0.29, 0.717) is 25.8 Å². The smallest absolute Gasteiger partial charge is 0.325 e. The predicted octanol–water partition coefficient (Wildman–Crippen LogP) is 0.0449. The van der Waals surface area contributed by atoms with Crippen LogP contribution in [0.3, 0.4) is 0 Å². The Bertz CT molecular complexity index is 657. The van der Waals surface area contributed by atoms with Crippen molar-refractivity contribution in [1.82, 2.24) is 21.1 Å². The molecule has 29 heavy (non-hydrogen) atoms. The van der Waals surface area contributed by atoms with Gasteiger partial charge in [-0.3, -0.25) is 24.2 Å². The summed E-state index contributed by atoms with van der Waals surface area (Å²) in [6, 6.07) is -1.62. The molecule has 3 N–H and O–H groups in total. The van der Waals surface area contributed by atoms with E-state index in [-0.39, 0.29) is 36.6 Å². The molecular weight excluding hydrogens is 376 g/mol. The molecule has 0 aromatic carbocycles. The van der Waals surface area contributed by atoms with Crippen molar-refractivity contribution in [3.63, 3.8) is 0 Å². The molecule has 3 amide bonds. The molecule has 0 radical (unpaired) electrons. The minimum atomic E-state index is -0.854. The SMILES string of the molecule is CC(C)CC(=O)NCCC(=O)N1NCCC[C@H]1C(=O)N[C@H](C(=O)C=[N+]=[N-])C(C)C. The quantitative estimate of drug-likeness (QED) is 0.266. The highest BCUT2D eigenvalue weighted by atomic mass is 16.2. The van der Waals surface area contributed by atoms with Crippen LogP contribution >= 0.6 is 0 Å². The summed E-state index contributed by atoms with van der Waals surface area (Å²) < 4.78 is 0. The molecule has 1 aliphatic heterocycles. The van der Waals surface area contributed by atoms with Gasteiger partial charge in [0, 0.05) is 25.9 Å². The molecule has 10 heteroatoms. The number of carbonyl (C=O) groups is 4. The number of Topliss-reactive ketones (excluding diaryl/α,β-unsaturated/α-hetero) is 1. The summed E-state index contributed by atoms with van der Waals surface area (Å²) in [6.45, 7) is 8.14. The van der Waals surface area contributed by atoms with E-state index >= 15 is 0 Å². The molecule has 1 aliphatic rings. The number of nitrogens with zero attached hydrogens (tertiary/aromatic N) is 3. The lowest BCUT2D eigenvalue weighted by Crippen LogP contribution is -2.61. The minimum absolute atomic E-state index is 0.0598. The van der Waals surface area contributed by atoms with Crippen molar-refractivity contribution >= 4 is 29.7 Å². The van der Waals surface area contributed by atoms with Crippen LogP contribution in [-0.2, 0) is 19.2 Å². The van der Waals surface area contributed by atoms with E-state index in [4.69, 9.17) is 5.53 Å². The summed E-state index contributed by atoms with van der Waals surface area (Å²) in [5, 5.41) is 6.65. The van der Waals surface area contributed by atoms with Crippen LogP contribution in [-0.4, -0.2) is 64.7 Å². The van der Waals surface area contributed by atoms with Crippen LogP contribution in [0.5, 0.6) is 0 Å². The van der Waals surface area contributed by atoms with Gasteiger partial charge in [-0.1, -0.05) is 27.7 Å². The molecule has 0 aliphatic carbocycles. The largest absolute Gasteiger partial charge is 0.361 e. The molecule has 1 rings (SSSR count). The fraction of sp³-hybridized carbons (Fsp3) is 0.737. The minimum Gasteiger partial charge on any atom is -0.361 e. The number of carbonyl (C=O) groups excluding carboxylic acids is 4. The van der Waals surface area contributed by atoms with Gasteiger partial charge >= 0.3 is 6.21 Å². The topological polar surface area (TPSA) is 144 Å². The second kappa shape index (κ2) is 12.1. The van der Waals surface area contributed by atoms with Gasteiger partial charge in [-0.2, -0.15) is 4.79 Å². The number of amides is 3. The first kappa shape index (κ1) is 24.5. The zero-order valence-electron chi connectivity index (χ0n) is 17.6. The number of hydrazine groups is 1. The Morgan fingerprint density at radius 1 is 1.24 bits per heavy atom. The van der Waals surface area contributed by atoms with Crippen molar-refractivity contribution in [2.45, 2.75) is 65.5 Å². The lowest BCUT2D eigenvalue weighted by atomic mass is 9.99. The first-order valence-corrected chi connectivity index (χ1v) is 10.0. The Morgan fingerprint density at radius 3 is 2.52 bits per heavy atom. The van der Waals surface area contributed by atoms with Gasteiger partial charge in [0.2, 0.25) is 17.7 Å². The predicted molar refractivity (Wildman–Crippen MR) is 106 cm³/mol. The van der Waals surface area contributed by atoms with Crippen molar-refractivity contribution in [3.05, 3.63) is 5.53 Å². The molecule has 0 spiro atoms. The van der Waals surface area contributed by atoms with Gasteiger partial charge in [0.05, 0.1) is 0 Å². The lowest BCUT2D eigenvalue weighted by molar-refractivity contribution is -0.147. The van der Waals surface area contributed by atoms with E-state index in [2.05, 4.69) is 20.8 Å². The Kier molecular flexibility index (Phi) is 10.2. The van der Waals surface area contributed by atoms with Gasteiger partial charge in [-0.05, 0) is 24.7 Å². The number of hydrogen-bond donors (Lipinski definition) is 3. The molecule has 1 heterocycles. The molecule has 0 bridgehead atoms. The van der Waals surface area contributed by atoms with Gasteiger partial charge in [-0.15, -0.1) is 0 Å². The van der Waals surface area contributed by atoms with Crippen molar-refractivity contribution < 1.29 is 24.0 Å². The van der Waals surface area contributed by atoms with E-state index < -0.39 is 23.8 Å². The Labute approximate surface area is 171 Å². The summed E-state index contributed by atoms with van der Waals surface area (Å²) in [5.41, 5.74) is 11.5. The third-order valence-corrected chi connectivity index (χ3v) is 4.53. The van der Waals surface area contributed by atoms with Crippen LogP contribution in [0.15, 0.2) is 0 Å². The van der Waals surface area contributed by atoms with Crippen LogP contribution in [0.25, 0.3) is 5.53 Å². The second-order valence-electron chi connectivity index (χ2n) is 7.91. The van der Waals surface area contributed by atoms with Gasteiger partial charge in [-0.25, -0.2) is 5.43 Å². The van der Waals surface area contributed by atoms with E-state index in [1.165, 1.54) is 5.01 Å². The first-order valence-electron chi connectivity index (χ1n) is 10.0. The number of hydrogen-bond acceptors (Lipinski definition) is 5. The van der Waals surface area contributed by atoms with Crippen LogP contribution in [0.1, 0.15) is 53.4 Å². The summed E-state index contributed by atoms with van der Waals surface area (Å²) in [6.07, 6.45) is 2.36. The highest BCUT2D eigenvalue weighted by Gasteiger charge is 2.35. The van der Waals surface area contributed by atoms with Crippen LogP contribution < -0.4 is 16.1 Å². The molecule has 2 atom stereocenters. The van der Waals surface area contributed by atoms with Crippen molar-refractivity contribution in [2.24, 2.45) is 11.8 Å². The zero-order chi connectivity index (χ0) is 22.0. The van der Waals surface area contributed by atoms with Crippen LogP contribution in [0.2, 0.25) is 0 Å². The zero-order valence-corrected chi connectivity index (χ0v) is 17.6. The molecule has 1 saturated heterocycles. The first-order chi connectivity index (χ1) is 13.7. The van der Waals surface area contributed by atoms with E-state index in [9.17, 15) is 19.2 Å². The Balaban J connectivity index is 2.71. The second-order valence-corrected chi connectivity index (χ2v) is 7.91. The summed E-state index contributed by atoms with van der Waals surface area (Å²) in [5.74, 6) is -1.38. The fourth-order valence-electron chi connectivity index (χ4n) is 3.07. The number of nitrogens with one attached hydrogen (secondary N) is 3. The third-order valence-electron chi connectivity index (χ3n) is 4.53. The van der Waals surface area contributed by atoms with E-state index in [0.717, 1.165) is 6.21 Å². The van der Waals surface area contributed by atoms with Gasteiger partial charge in [0.1, 0.15) is 12.1 Å². The van der Waals surface area contributed by atoms with Gasteiger partial charge < -0.3 is 16.2 Å². The van der Waals surface area contributed by atoms with Crippen molar-refractivity contribution in [3.8, 4) is 0 Å². The summed E-state index contributed by atoms with van der Waals surface area (Å²) in [4.78, 5) is 51.8. The molecule has 0 aromatic heterocycles. The highest BCUT2D eigenvalue weighted by molar-refractivity contribution is 6.28. The normalized spacial score (nSPS) is 17.4. The lowest BCUT2D eigenvalue weighted by Gasteiger charge is -2.36. The summed E-state index contributed by atoms with van der Waals surface area (Å²) in [7, 11) is 0. The van der Waals surface area contributed by atoms with Crippen molar-refractivity contribution in [2.75, 3.05) is 13.1 Å². The van der Waals surface area contributed by atoms with Crippen LogP contribution in [0.4, 0.5) is 0 Å². The maximum Gasteiger partial charge on any atom is 0.325 e. The molecule has 1 fully saturated rings. The molecule has 0 unspecified atom stereocenters.